The van der Waals surface area contributed by atoms with Crippen LogP contribution in [0.3, 0.4) is 0 Å². The summed E-state index contributed by atoms with van der Waals surface area (Å²) in [6.07, 6.45) is 4.02. The maximum Gasteiger partial charge on any atom is 0.350 e. The van der Waals surface area contributed by atoms with Crippen LogP contribution in [0.1, 0.15) is 22.8 Å². The van der Waals surface area contributed by atoms with Gasteiger partial charge in [0.05, 0.1) is 0 Å². The molecule has 0 fully saturated rings. The van der Waals surface area contributed by atoms with Gasteiger partial charge < -0.3 is 0 Å². The molecule has 8 heteroatoms. The number of nitrogens with zero attached hydrogens (tertiary/aromatic N) is 4. The second kappa shape index (κ2) is 8.23. The summed E-state index contributed by atoms with van der Waals surface area (Å²) in [5, 5.41) is 5.55. The van der Waals surface area contributed by atoms with Crippen LogP contribution in [0.25, 0.3) is 5.65 Å². The second-order valence-corrected chi connectivity index (χ2v) is 7.83. The Bertz CT molecular complexity index is 1250. The molecule has 29 heavy (non-hydrogen) atoms. The number of fused-ring (bicyclic) bond motifs is 1. The number of ketones is 1. The molecular weight excluding hydrogens is 408 g/mol. The van der Waals surface area contributed by atoms with E-state index in [9.17, 15) is 9.59 Å². The van der Waals surface area contributed by atoms with Crippen molar-refractivity contribution in [3.8, 4) is 0 Å². The van der Waals surface area contributed by atoms with Gasteiger partial charge in [-0.25, -0.2) is 18.9 Å². The van der Waals surface area contributed by atoms with Gasteiger partial charge in [-0.15, -0.1) is 5.10 Å². The summed E-state index contributed by atoms with van der Waals surface area (Å²) in [5.74, 6) is -0.217. The first kappa shape index (κ1) is 19.4. The fraction of sp³-hybridized carbons (Fsp3) is 0.143. The molecule has 0 unspecified atom stereocenters. The topological polar surface area (TPSA) is 69.3 Å². The quantitative estimate of drug-likeness (QED) is 0.435. The van der Waals surface area contributed by atoms with E-state index in [0.717, 1.165) is 11.3 Å². The third kappa shape index (κ3) is 3.97. The summed E-state index contributed by atoms with van der Waals surface area (Å²) in [5.41, 5.74) is 1.72. The number of halogens is 1. The summed E-state index contributed by atoms with van der Waals surface area (Å²) in [6.45, 7) is 1.94. The van der Waals surface area contributed by atoms with Crippen LogP contribution in [0.15, 0.2) is 75.6 Å². The Morgan fingerprint density at radius 2 is 1.90 bits per heavy atom. The van der Waals surface area contributed by atoms with E-state index in [1.54, 1.807) is 36.7 Å². The number of Topliss-reactive ketones (excluding diaryl/α,β-unsaturated/α-hetero) is 1. The molecule has 0 saturated heterocycles. The van der Waals surface area contributed by atoms with Gasteiger partial charge in [0.2, 0.25) is 0 Å². The molecule has 4 rings (SSSR count). The average Bonchev–Trinajstić information content (AvgIpc) is 3.05. The highest BCUT2D eigenvalue weighted by Crippen LogP contribution is 2.31. The number of benzene rings is 2. The maximum atomic E-state index is 12.7. The van der Waals surface area contributed by atoms with Gasteiger partial charge in [0.15, 0.2) is 11.4 Å². The summed E-state index contributed by atoms with van der Waals surface area (Å²) in [7, 11) is 0. The monoisotopic (exact) mass is 424 g/mol. The minimum absolute atomic E-state index is 0.155. The molecule has 0 aliphatic heterocycles. The van der Waals surface area contributed by atoms with Gasteiger partial charge in [0.25, 0.3) is 0 Å². The van der Waals surface area contributed by atoms with Crippen LogP contribution >= 0.6 is 23.4 Å². The lowest BCUT2D eigenvalue weighted by molar-refractivity contribution is 0.0966. The van der Waals surface area contributed by atoms with Crippen LogP contribution in [-0.2, 0) is 13.0 Å². The largest absolute Gasteiger partial charge is 0.350 e. The molecule has 0 saturated carbocycles. The van der Waals surface area contributed by atoms with Crippen molar-refractivity contribution < 1.29 is 4.79 Å². The Balaban J connectivity index is 1.68. The molecule has 4 aromatic rings. The van der Waals surface area contributed by atoms with E-state index in [1.165, 1.54) is 26.4 Å². The number of carbonyl (C=O) groups is 1. The first-order valence-corrected chi connectivity index (χ1v) is 10.2. The van der Waals surface area contributed by atoms with Gasteiger partial charge in [-0.1, -0.05) is 48.5 Å². The van der Waals surface area contributed by atoms with Crippen molar-refractivity contribution in [2.45, 2.75) is 29.8 Å². The Kier molecular flexibility index (Phi) is 5.51. The smallest absolute Gasteiger partial charge is 0.292 e. The van der Waals surface area contributed by atoms with Crippen molar-refractivity contribution in [1.82, 2.24) is 19.2 Å². The van der Waals surface area contributed by atoms with Crippen LogP contribution in [-0.4, -0.2) is 24.9 Å². The first-order chi connectivity index (χ1) is 14.1. The lowest BCUT2D eigenvalue weighted by Gasteiger charge is -2.06. The van der Waals surface area contributed by atoms with Gasteiger partial charge in [0, 0.05) is 27.9 Å². The molecular formula is C21H17ClN4O2S. The molecule has 0 aliphatic rings. The van der Waals surface area contributed by atoms with E-state index in [1.807, 2.05) is 18.2 Å². The van der Waals surface area contributed by atoms with E-state index in [-0.39, 0.29) is 18.0 Å². The van der Waals surface area contributed by atoms with Gasteiger partial charge in [-0.3, -0.25) is 4.79 Å². The molecule has 6 nitrogen and oxygen atoms in total. The number of hydrogen-bond donors (Lipinski definition) is 0. The SMILES string of the molecule is CCc1ccccc1Sc1nccn2c(=O)n(CC(=O)c3ccc(Cl)cc3)nc12. The number of rotatable bonds is 6. The zero-order valence-corrected chi connectivity index (χ0v) is 17.2. The van der Waals surface area contributed by atoms with Gasteiger partial charge in [0.1, 0.15) is 11.6 Å². The average molecular weight is 425 g/mol. The molecule has 0 atom stereocenters. The van der Waals surface area contributed by atoms with E-state index < -0.39 is 0 Å². The Morgan fingerprint density at radius 3 is 2.66 bits per heavy atom. The third-order valence-corrected chi connectivity index (χ3v) is 5.84. The maximum absolute atomic E-state index is 12.7. The summed E-state index contributed by atoms with van der Waals surface area (Å²) < 4.78 is 2.59. The van der Waals surface area contributed by atoms with Gasteiger partial charge >= 0.3 is 5.69 Å². The summed E-state index contributed by atoms with van der Waals surface area (Å²) in [4.78, 5) is 30.7. The zero-order valence-electron chi connectivity index (χ0n) is 15.6. The minimum atomic E-state index is -0.379. The molecule has 146 valence electrons. The van der Waals surface area contributed by atoms with Crippen LogP contribution in [0.4, 0.5) is 0 Å². The van der Waals surface area contributed by atoms with Crippen molar-refractivity contribution in [2.75, 3.05) is 0 Å². The molecule has 0 N–H and O–H groups in total. The third-order valence-electron chi connectivity index (χ3n) is 4.49. The number of hydrogen-bond acceptors (Lipinski definition) is 5. The van der Waals surface area contributed by atoms with E-state index >= 15 is 0 Å². The molecule has 0 aliphatic carbocycles. The predicted molar refractivity (Wildman–Crippen MR) is 113 cm³/mol. The molecule has 2 aromatic carbocycles. The van der Waals surface area contributed by atoms with Crippen LogP contribution < -0.4 is 5.69 Å². The highest BCUT2D eigenvalue weighted by molar-refractivity contribution is 7.99. The van der Waals surface area contributed by atoms with Gasteiger partial charge in [-0.05, 0) is 42.3 Å². The fourth-order valence-corrected chi connectivity index (χ4v) is 4.13. The highest BCUT2D eigenvalue weighted by atomic mass is 35.5. The molecule has 2 heterocycles. The minimum Gasteiger partial charge on any atom is -0.292 e. The zero-order chi connectivity index (χ0) is 20.4. The molecule has 0 radical (unpaired) electrons. The van der Waals surface area contributed by atoms with E-state index in [2.05, 4.69) is 23.1 Å². The Hall–Kier alpha value is -2.90. The van der Waals surface area contributed by atoms with E-state index in [0.29, 0.717) is 21.3 Å². The second-order valence-electron chi connectivity index (χ2n) is 6.36. The van der Waals surface area contributed by atoms with Crippen molar-refractivity contribution in [3.63, 3.8) is 0 Å². The molecule has 0 spiro atoms. The Morgan fingerprint density at radius 1 is 1.14 bits per heavy atom. The van der Waals surface area contributed by atoms with E-state index in [4.69, 9.17) is 11.6 Å². The van der Waals surface area contributed by atoms with Crippen LogP contribution in [0, 0.1) is 0 Å². The predicted octanol–water partition coefficient (Wildman–Crippen LogP) is 4.14. The molecule has 2 aromatic heterocycles. The fourth-order valence-electron chi connectivity index (χ4n) is 2.96. The summed E-state index contributed by atoms with van der Waals surface area (Å²) in [6, 6.07) is 14.6. The van der Waals surface area contributed by atoms with Crippen molar-refractivity contribution in [1.29, 1.82) is 0 Å². The van der Waals surface area contributed by atoms with Crippen molar-refractivity contribution in [3.05, 3.63) is 87.6 Å². The van der Waals surface area contributed by atoms with Crippen LogP contribution in [0.2, 0.25) is 5.02 Å². The first-order valence-electron chi connectivity index (χ1n) is 9.05. The standard InChI is InChI=1S/C21H17ClN4O2S/c1-2-14-5-3-4-6-18(14)29-20-19-24-26(21(28)25(19)12-11-23-20)13-17(27)15-7-9-16(22)10-8-15/h3-12H,2,13H2,1H3. The Labute approximate surface area is 176 Å². The van der Waals surface area contributed by atoms with Crippen LogP contribution in [0.5, 0.6) is 0 Å². The highest BCUT2D eigenvalue weighted by Gasteiger charge is 2.16. The number of carbonyl (C=O) groups excluding carboxylic acids is 1. The number of aryl methyl sites for hydroxylation is 1. The number of aromatic nitrogens is 4. The normalized spacial score (nSPS) is 11.1. The molecule has 0 bridgehead atoms. The molecule has 0 amide bonds. The lowest BCUT2D eigenvalue weighted by atomic mass is 10.1. The lowest BCUT2D eigenvalue weighted by Crippen LogP contribution is -2.25. The van der Waals surface area contributed by atoms with Gasteiger partial charge in [-0.2, -0.15) is 0 Å². The van der Waals surface area contributed by atoms with Crippen molar-refractivity contribution in [2.24, 2.45) is 0 Å². The van der Waals surface area contributed by atoms with Crippen molar-refractivity contribution >= 4 is 34.8 Å². The summed E-state index contributed by atoms with van der Waals surface area (Å²) >= 11 is 7.33.